The molecule has 0 aromatic heterocycles. The lowest BCUT2D eigenvalue weighted by atomic mass is 9.77. The summed E-state index contributed by atoms with van der Waals surface area (Å²) in [7, 11) is 1.55. The summed E-state index contributed by atoms with van der Waals surface area (Å²) in [6.45, 7) is 0.187. The first-order chi connectivity index (χ1) is 20.0. The summed E-state index contributed by atoms with van der Waals surface area (Å²) in [6, 6.07) is 26.9. The van der Waals surface area contributed by atoms with Crippen LogP contribution in [0.3, 0.4) is 0 Å². The Labute approximate surface area is 243 Å². The number of nitro groups is 1. The highest BCUT2D eigenvalue weighted by atomic mass is 35.5. The van der Waals surface area contributed by atoms with Gasteiger partial charge in [0.2, 0.25) is 0 Å². The van der Waals surface area contributed by atoms with E-state index >= 15 is 0 Å². The number of methoxy groups -OCH3 is 1. The molecule has 0 bridgehead atoms. The Balaban J connectivity index is 1.15. The van der Waals surface area contributed by atoms with Crippen molar-refractivity contribution in [3.05, 3.63) is 134 Å². The molecule has 0 spiro atoms. The molecule has 4 aromatic carbocycles. The van der Waals surface area contributed by atoms with Gasteiger partial charge in [0.25, 0.3) is 5.69 Å². The topological polar surface area (TPSA) is 86.0 Å². The largest absolute Gasteiger partial charge is 0.493 e. The molecule has 0 amide bonds. The van der Waals surface area contributed by atoms with Gasteiger partial charge in [0.15, 0.2) is 11.5 Å². The number of benzene rings is 4. The maximum atomic E-state index is 10.9. The average Bonchev–Trinajstić information content (AvgIpc) is 3.50. The quantitative estimate of drug-likeness (QED) is 0.100. The number of anilines is 1. The minimum Gasteiger partial charge on any atom is -0.493 e. The smallest absolute Gasteiger partial charge is 0.269 e. The number of hydrogen-bond donors (Lipinski definition) is 1. The van der Waals surface area contributed by atoms with Crippen molar-refractivity contribution in [3.8, 4) is 11.5 Å². The number of rotatable bonds is 8. The van der Waals surface area contributed by atoms with Gasteiger partial charge in [-0.25, -0.2) is 0 Å². The average molecular weight is 566 g/mol. The van der Waals surface area contributed by atoms with Gasteiger partial charge in [0.1, 0.15) is 6.61 Å². The van der Waals surface area contributed by atoms with Crippen LogP contribution in [0.5, 0.6) is 11.5 Å². The minimum atomic E-state index is -0.436. The van der Waals surface area contributed by atoms with Crippen molar-refractivity contribution < 1.29 is 14.4 Å². The Kier molecular flexibility index (Phi) is 7.44. The fourth-order valence-electron chi connectivity index (χ4n) is 5.61. The van der Waals surface area contributed by atoms with Crippen molar-refractivity contribution in [3.63, 3.8) is 0 Å². The maximum absolute atomic E-state index is 10.9. The highest BCUT2D eigenvalue weighted by Gasteiger charge is 2.37. The normalized spacial score (nSPS) is 18.9. The number of ether oxygens (including phenoxy) is 2. The lowest BCUT2D eigenvalue weighted by Gasteiger charge is -2.37. The van der Waals surface area contributed by atoms with Gasteiger partial charge < -0.3 is 14.8 Å². The van der Waals surface area contributed by atoms with E-state index in [2.05, 4.69) is 58.9 Å². The molecule has 1 aliphatic heterocycles. The third kappa shape index (κ3) is 5.54. The van der Waals surface area contributed by atoms with Crippen LogP contribution in [0, 0.1) is 16.0 Å². The van der Waals surface area contributed by atoms with Gasteiger partial charge in [-0.2, -0.15) is 0 Å². The van der Waals surface area contributed by atoms with Gasteiger partial charge in [-0.05, 0) is 77.1 Å². The van der Waals surface area contributed by atoms with Crippen molar-refractivity contribution in [1.29, 1.82) is 0 Å². The van der Waals surface area contributed by atoms with Crippen LogP contribution in [0.1, 0.15) is 40.6 Å². The Morgan fingerprint density at radius 3 is 2.61 bits per heavy atom. The molecule has 6 rings (SSSR count). The SMILES string of the molecule is COc1cc(C=Nc2ccc([C@@H]3Nc4ccccc4[C@H]4C=CC[C@@H]43)cc2)cc(Cl)c1OCc1ccc([N+](=O)[O-])cc1. The van der Waals surface area contributed by atoms with Crippen molar-refractivity contribution in [2.75, 3.05) is 12.4 Å². The second kappa shape index (κ2) is 11.5. The van der Waals surface area contributed by atoms with Crippen LogP contribution >= 0.6 is 11.6 Å². The lowest BCUT2D eigenvalue weighted by molar-refractivity contribution is -0.384. The van der Waals surface area contributed by atoms with Crippen LogP contribution < -0.4 is 14.8 Å². The molecule has 8 heteroatoms. The standard InChI is InChI=1S/C33H28ClN3O4/c1-40-31-18-22(17-29(34)33(31)41-20-21-9-15-25(16-10-21)37(38)39)19-35-24-13-11-23(12-14-24)32-28-7-4-6-26(28)27-5-2-3-8-30(27)36-32/h2-6,8-19,26,28,32,36H,7,20H2,1H3/t26-,28+,32+/m1/s1. The van der Waals surface area contributed by atoms with Gasteiger partial charge in [0, 0.05) is 30.0 Å². The first-order valence-electron chi connectivity index (χ1n) is 13.4. The first kappa shape index (κ1) is 26.6. The molecule has 0 radical (unpaired) electrons. The maximum Gasteiger partial charge on any atom is 0.269 e. The number of para-hydroxylation sites is 1. The first-order valence-corrected chi connectivity index (χ1v) is 13.8. The Bertz CT molecular complexity index is 1630. The second-order valence-corrected chi connectivity index (χ2v) is 10.6. The molecular weight excluding hydrogens is 538 g/mol. The molecule has 1 heterocycles. The molecule has 4 aromatic rings. The molecule has 2 aliphatic rings. The van der Waals surface area contributed by atoms with Crippen molar-refractivity contribution in [1.82, 2.24) is 0 Å². The van der Waals surface area contributed by atoms with Crippen molar-refractivity contribution in [2.45, 2.75) is 25.0 Å². The molecule has 0 saturated carbocycles. The number of non-ortho nitro benzene ring substituents is 1. The molecule has 1 aliphatic carbocycles. The van der Waals surface area contributed by atoms with Crippen molar-refractivity contribution >= 4 is 34.9 Å². The van der Waals surface area contributed by atoms with Crippen molar-refractivity contribution in [2.24, 2.45) is 10.9 Å². The van der Waals surface area contributed by atoms with E-state index in [0.717, 1.165) is 23.2 Å². The predicted octanol–water partition coefficient (Wildman–Crippen LogP) is 8.41. The summed E-state index contributed by atoms with van der Waals surface area (Å²) in [5, 5.41) is 15.0. The second-order valence-electron chi connectivity index (χ2n) is 10.2. The van der Waals surface area contributed by atoms with E-state index in [1.165, 1.54) is 28.9 Å². The highest BCUT2D eigenvalue weighted by molar-refractivity contribution is 6.32. The zero-order valence-corrected chi connectivity index (χ0v) is 23.1. The van der Waals surface area contributed by atoms with Gasteiger partial charge in [-0.1, -0.05) is 54.1 Å². The summed E-state index contributed by atoms with van der Waals surface area (Å²) in [5.74, 6) is 1.81. The van der Waals surface area contributed by atoms with E-state index < -0.39 is 4.92 Å². The number of fused-ring (bicyclic) bond motifs is 3. The van der Waals surface area contributed by atoms with Crippen LogP contribution in [0.15, 0.2) is 102 Å². The van der Waals surface area contributed by atoms with E-state index in [-0.39, 0.29) is 18.3 Å². The fourth-order valence-corrected chi connectivity index (χ4v) is 5.89. The number of aliphatic imine (C=N–C) groups is 1. The number of allylic oxidation sites excluding steroid dienone is 2. The van der Waals surface area contributed by atoms with Crippen LogP contribution in [0.25, 0.3) is 0 Å². The Morgan fingerprint density at radius 2 is 1.85 bits per heavy atom. The summed E-state index contributed by atoms with van der Waals surface area (Å²) < 4.78 is 11.4. The molecular formula is C33H28ClN3O4. The monoisotopic (exact) mass is 565 g/mol. The van der Waals surface area contributed by atoms with E-state index in [1.807, 2.05) is 18.2 Å². The van der Waals surface area contributed by atoms with Crippen LogP contribution in [-0.2, 0) is 6.61 Å². The van der Waals surface area contributed by atoms with E-state index in [9.17, 15) is 10.1 Å². The summed E-state index contributed by atoms with van der Waals surface area (Å²) in [6.07, 6.45) is 7.46. The molecule has 0 fully saturated rings. The summed E-state index contributed by atoms with van der Waals surface area (Å²) in [4.78, 5) is 15.1. The summed E-state index contributed by atoms with van der Waals surface area (Å²) >= 11 is 6.55. The zero-order valence-electron chi connectivity index (χ0n) is 22.4. The Hall–Kier alpha value is -4.62. The van der Waals surface area contributed by atoms with E-state index in [1.54, 1.807) is 31.5 Å². The highest BCUT2D eigenvalue weighted by Crippen LogP contribution is 2.49. The third-order valence-corrected chi connectivity index (χ3v) is 7.95. The van der Waals surface area contributed by atoms with E-state index in [4.69, 9.17) is 21.1 Å². The van der Waals surface area contributed by atoms with Gasteiger partial charge in [-0.15, -0.1) is 0 Å². The molecule has 1 N–H and O–H groups in total. The molecule has 0 saturated heterocycles. The number of halogens is 1. The minimum absolute atomic E-state index is 0.0267. The third-order valence-electron chi connectivity index (χ3n) is 7.67. The number of nitrogens with zero attached hydrogens (tertiary/aromatic N) is 2. The summed E-state index contributed by atoms with van der Waals surface area (Å²) in [5.41, 5.74) is 6.23. The lowest BCUT2D eigenvalue weighted by Crippen LogP contribution is -2.28. The number of hydrogen-bond acceptors (Lipinski definition) is 6. The fraction of sp³-hybridized carbons (Fsp3) is 0.182. The number of nitro benzene ring substituents is 1. The molecule has 7 nitrogen and oxygen atoms in total. The zero-order chi connectivity index (χ0) is 28.3. The van der Waals surface area contributed by atoms with Gasteiger partial charge >= 0.3 is 0 Å². The van der Waals surface area contributed by atoms with Gasteiger partial charge in [-0.3, -0.25) is 15.1 Å². The van der Waals surface area contributed by atoms with E-state index in [0.29, 0.717) is 28.4 Å². The van der Waals surface area contributed by atoms with Crippen LogP contribution in [0.2, 0.25) is 5.02 Å². The molecule has 41 heavy (non-hydrogen) atoms. The van der Waals surface area contributed by atoms with Gasteiger partial charge in [0.05, 0.1) is 28.8 Å². The Morgan fingerprint density at radius 1 is 1.07 bits per heavy atom. The number of nitrogens with one attached hydrogen (secondary N) is 1. The molecule has 3 atom stereocenters. The van der Waals surface area contributed by atoms with Crippen LogP contribution in [0.4, 0.5) is 17.1 Å². The predicted molar refractivity (Wildman–Crippen MR) is 162 cm³/mol. The van der Waals surface area contributed by atoms with Crippen LogP contribution in [-0.4, -0.2) is 18.2 Å². The molecule has 206 valence electrons. The molecule has 0 unspecified atom stereocenters.